The van der Waals surface area contributed by atoms with Crippen LogP contribution < -0.4 is 4.74 Å². The molecule has 1 aromatic heterocycles. The van der Waals surface area contributed by atoms with Crippen molar-refractivity contribution in [3.8, 4) is 11.8 Å². The number of pyridine rings is 1. The first kappa shape index (κ1) is 10.4. The molecule has 0 fully saturated rings. The lowest BCUT2D eigenvalue weighted by Crippen LogP contribution is -1.99. The molecule has 0 aliphatic rings. The molecule has 0 unspecified atom stereocenters. The van der Waals surface area contributed by atoms with E-state index in [9.17, 15) is 8.78 Å². The minimum Gasteiger partial charge on any atom is -0.496 e. The summed E-state index contributed by atoms with van der Waals surface area (Å²) in [7, 11) is 1.36. The predicted molar refractivity (Wildman–Crippen MR) is 45.2 cm³/mol. The van der Waals surface area contributed by atoms with E-state index in [1.165, 1.54) is 7.11 Å². The van der Waals surface area contributed by atoms with Crippen molar-refractivity contribution in [2.24, 2.45) is 0 Å². The monoisotopic (exact) mass is 198 g/mol. The maximum atomic E-state index is 12.3. The van der Waals surface area contributed by atoms with Gasteiger partial charge in [-0.2, -0.15) is 5.26 Å². The van der Waals surface area contributed by atoms with Gasteiger partial charge >= 0.3 is 0 Å². The molecular formula is C9H8F2N2O. The molecule has 0 amide bonds. The van der Waals surface area contributed by atoms with Crippen LogP contribution in [0.15, 0.2) is 6.07 Å². The molecule has 5 heteroatoms. The molecule has 1 rings (SSSR count). The van der Waals surface area contributed by atoms with Gasteiger partial charge in [0.25, 0.3) is 6.43 Å². The van der Waals surface area contributed by atoms with Gasteiger partial charge in [0, 0.05) is 11.6 Å². The predicted octanol–water partition coefficient (Wildman–Crippen LogP) is 2.21. The highest BCUT2D eigenvalue weighted by atomic mass is 19.3. The van der Waals surface area contributed by atoms with Gasteiger partial charge in [-0.3, -0.25) is 0 Å². The SMILES string of the molecule is COc1cc(C(F)F)nc(C#N)c1C. The number of nitriles is 1. The van der Waals surface area contributed by atoms with E-state index in [0.717, 1.165) is 6.07 Å². The second-order valence-electron chi connectivity index (χ2n) is 2.64. The van der Waals surface area contributed by atoms with E-state index in [2.05, 4.69) is 4.98 Å². The van der Waals surface area contributed by atoms with E-state index >= 15 is 0 Å². The van der Waals surface area contributed by atoms with Gasteiger partial charge in [-0.25, -0.2) is 13.8 Å². The van der Waals surface area contributed by atoms with E-state index in [1.807, 2.05) is 0 Å². The zero-order valence-corrected chi connectivity index (χ0v) is 7.71. The largest absolute Gasteiger partial charge is 0.496 e. The summed E-state index contributed by atoms with van der Waals surface area (Å²) in [4.78, 5) is 3.51. The van der Waals surface area contributed by atoms with Crippen molar-refractivity contribution in [2.75, 3.05) is 7.11 Å². The van der Waals surface area contributed by atoms with E-state index in [0.29, 0.717) is 5.56 Å². The molecule has 1 heterocycles. The van der Waals surface area contributed by atoms with Crippen molar-refractivity contribution in [3.63, 3.8) is 0 Å². The van der Waals surface area contributed by atoms with Crippen LogP contribution in [0.25, 0.3) is 0 Å². The molecule has 0 aliphatic heterocycles. The maximum absolute atomic E-state index is 12.3. The van der Waals surface area contributed by atoms with Crippen LogP contribution in [0, 0.1) is 18.3 Å². The first-order valence-electron chi connectivity index (χ1n) is 3.84. The quantitative estimate of drug-likeness (QED) is 0.731. The van der Waals surface area contributed by atoms with Gasteiger partial charge in [-0.1, -0.05) is 0 Å². The van der Waals surface area contributed by atoms with Crippen LogP contribution in [0.1, 0.15) is 23.4 Å². The number of alkyl halides is 2. The number of rotatable bonds is 2. The molecule has 3 nitrogen and oxygen atoms in total. The first-order valence-corrected chi connectivity index (χ1v) is 3.84. The van der Waals surface area contributed by atoms with Crippen molar-refractivity contribution in [3.05, 3.63) is 23.0 Å². The van der Waals surface area contributed by atoms with Gasteiger partial charge in [0.2, 0.25) is 0 Å². The molecule has 0 bridgehead atoms. The second kappa shape index (κ2) is 4.01. The Labute approximate surface area is 79.9 Å². The van der Waals surface area contributed by atoms with Crippen LogP contribution in [0.5, 0.6) is 5.75 Å². The summed E-state index contributed by atoms with van der Waals surface area (Å²) in [6.45, 7) is 1.60. The number of methoxy groups -OCH3 is 1. The minimum atomic E-state index is -2.70. The summed E-state index contributed by atoms with van der Waals surface area (Å²) >= 11 is 0. The van der Waals surface area contributed by atoms with Crippen LogP contribution in [-0.4, -0.2) is 12.1 Å². The molecular weight excluding hydrogens is 190 g/mol. The van der Waals surface area contributed by atoms with Gasteiger partial charge in [0.05, 0.1) is 7.11 Å². The molecule has 74 valence electrons. The Hall–Kier alpha value is -1.70. The lowest BCUT2D eigenvalue weighted by molar-refractivity contribution is 0.145. The summed E-state index contributed by atoms with van der Waals surface area (Å²) in [5, 5.41) is 8.63. The fraction of sp³-hybridized carbons (Fsp3) is 0.333. The number of ether oxygens (including phenoxy) is 1. The number of aromatic nitrogens is 1. The summed E-state index contributed by atoms with van der Waals surface area (Å²) in [5.74, 6) is 0.256. The summed E-state index contributed by atoms with van der Waals surface area (Å²) in [6.07, 6.45) is -2.70. The van der Waals surface area contributed by atoms with Crippen LogP contribution in [0.2, 0.25) is 0 Å². The third kappa shape index (κ3) is 1.79. The van der Waals surface area contributed by atoms with Crippen molar-refractivity contribution in [1.29, 1.82) is 5.26 Å². The molecule has 0 saturated heterocycles. The molecule has 0 N–H and O–H groups in total. The van der Waals surface area contributed by atoms with Crippen molar-refractivity contribution >= 4 is 0 Å². The van der Waals surface area contributed by atoms with E-state index in [1.54, 1.807) is 13.0 Å². The van der Waals surface area contributed by atoms with E-state index in [-0.39, 0.29) is 11.4 Å². The second-order valence-corrected chi connectivity index (χ2v) is 2.64. The lowest BCUT2D eigenvalue weighted by Gasteiger charge is -2.07. The number of halogens is 2. The Morgan fingerprint density at radius 2 is 2.21 bits per heavy atom. The fourth-order valence-corrected chi connectivity index (χ4v) is 1.04. The van der Waals surface area contributed by atoms with E-state index < -0.39 is 12.1 Å². The highest BCUT2D eigenvalue weighted by molar-refractivity contribution is 5.42. The Morgan fingerprint density at radius 1 is 1.57 bits per heavy atom. The molecule has 14 heavy (non-hydrogen) atoms. The van der Waals surface area contributed by atoms with Gasteiger partial charge in [0.15, 0.2) is 0 Å². The van der Waals surface area contributed by atoms with Gasteiger partial charge in [-0.15, -0.1) is 0 Å². The molecule has 0 aromatic carbocycles. The summed E-state index contributed by atoms with van der Waals surface area (Å²) in [6, 6.07) is 2.88. The van der Waals surface area contributed by atoms with Gasteiger partial charge in [-0.05, 0) is 6.92 Å². The minimum absolute atomic E-state index is 0.0281. The Bertz CT molecular complexity index is 385. The molecule has 0 atom stereocenters. The van der Waals surface area contributed by atoms with Crippen molar-refractivity contribution < 1.29 is 13.5 Å². The molecule has 0 spiro atoms. The van der Waals surface area contributed by atoms with E-state index in [4.69, 9.17) is 10.00 Å². The first-order chi connectivity index (χ1) is 6.60. The zero-order valence-electron chi connectivity index (χ0n) is 7.71. The molecule has 0 aliphatic carbocycles. The van der Waals surface area contributed by atoms with Crippen LogP contribution >= 0.6 is 0 Å². The van der Waals surface area contributed by atoms with Crippen LogP contribution in [-0.2, 0) is 0 Å². The number of hydrogen-bond donors (Lipinski definition) is 0. The number of hydrogen-bond acceptors (Lipinski definition) is 3. The Morgan fingerprint density at radius 3 is 2.64 bits per heavy atom. The smallest absolute Gasteiger partial charge is 0.280 e. The standard InChI is InChI=1S/C9H8F2N2O/c1-5-7(4-12)13-6(9(10)11)3-8(5)14-2/h3,9H,1-2H3. The maximum Gasteiger partial charge on any atom is 0.280 e. The van der Waals surface area contributed by atoms with Crippen LogP contribution in [0.3, 0.4) is 0 Å². The summed E-state index contributed by atoms with van der Waals surface area (Å²) in [5.41, 5.74) is 0.00282. The van der Waals surface area contributed by atoms with Gasteiger partial charge in [0.1, 0.15) is 23.2 Å². The molecule has 0 saturated carbocycles. The Balaban J connectivity index is 3.34. The van der Waals surface area contributed by atoms with Crippen LogP contribution in [0.4, 0.5) is 8.78 Å². The highest BCUT2D eigenvalue weighted by Crippen LogP contribution is 2.26. The fourth-order valence-electron chi connectivity index (χ4n) is 1.04. The zero-order chi connectivity index (χ0) is 10.7. The third-order valence-electron chi connectivity index (χ3n) is 1.79. The summed E-state index contributed by atoms with van der Waals surface area (Å²) < 4.78 is 29.5. The Kier molecular flexibility index (Phi) is 2.97. The van der Waals surface area contributed by atoms with Crippen molar-refractivity contribution in [1.82, 2.24) is 4.98 Å². The average Bonchev–Trinajstić information content (AvgIpc) is 2.17. The average molecular weight is 198 g/mol. The van der Waals surface area contributed by atoms with Gasteiger partial charge < -0.3 is 4.74 Å². The molecule has 0 radical (unpaired) electrons. The molecule has 1 aromatic rings. The third-order valence-corrected chi connectivity index (χ3v) is 1.79. The highest BCUT2D eigenvalue weighted by Gasteiger charge is 2.15. The van der Waals surface area contributed by atoms with Crippen molar-refractivity contribution in [2.45, 2.75) is 13.3 Å². The lowest BCUT2D eigenvalue weighted by atomic mass is 10.2. The topological polar surface area (TPSA) is 45.9 Å². The number of nitrogens with zero attached hydrogens (tertiary/aromatic N) is 2. The normalized spacial score (nSPS) is 10.0.